The van der Waals surface area contributed by atoms with Gasteiger partial charge < -0.3 is 10.2 Å². The molecule has 0 saturated heterocycles. The Balaban J connectivity index is 2.16. The lowest BCUT2D eigenvalue weighted by atomic mass is 9.86. The number of nitrogens with zero attached hydrogens (tertiary/aromatic N) is 1. The summed E-state index contributed by atoms with van der Waals surface area (Å²) in [7, 11) is 0. The first-order valence-electron chi connectivity index (χ1n) is 6.53. The standard InChI is InChI=1S/C13H22N2O/c1-2-11-13(10-6-4-3-5-7-10)15-12(16-11)8-9-14/h10H,2-9,14H2,1H3. The molecule has 0 bridgehead atoms. The van der Waals surface area contributed by atoms with Gasteiger partial charge in [-0.25, -0.2) is 4.98 Å². The zero-order chi connectivity index (χ0) is 11.4. The van der Waals surface area contributed by atoms with Crippen LogP contribution in [0.2, 0.25) is 0 Å². The highest BCUT2D eigenvalue weighted by atomic mass is 16.4. The molecular weight excluding hydrogens is 200 g/mol. The molecule has 0 unspecified atom stereocenters. The maximum absolute atomic E-state index is 5.77. The van der Waals surface area contributed by atoms with Crippen LogP contribution in [0.1, 0.15) is 62.3 Å². The van der Waals surface area contributed by atoms with Crippen molar-refractivity contribution in [1.82, 2.24) is 4.98 Å². The SMILES string of the molecule is CCc1oc(CCN)nc1C1CCCCC1. The summed E-state index contributed by atoms with van der Waals surface area (Å²) in [5.41, 5.74) is 6.77. The Morgan fingerprint density at radius 2 is 2.06 bits per heavy atom. The molecule has 1 heterocycles. The van der Waals surface area contributed by atoms with Crippen LogP contribution in [-0.4, -0.2) is 11.5 Å². The molecule has 3 nitrogen and oxygen atoms in total. The van der Waals surface area contributed by atoms with E-state index in [-0.39, 0.29) is 0 Å². The van der Waals surface area contributed by atoms with Gasteiger partial charge in [-0.15, -0.1) is 0 Å². The molecule has 0 atom stereocenters. The van der Waals surface area contributed by atoms with Crippen molar-refractivity contribution < 1.29 is 4.42 Å². The fourth-order valence-electron chi connectivity index (χ4n) is 2.59. The highest BCUT2D eigenvalue weighted by Crippen LogP contribution is 2.34. The van der Waals surface area contributed by atoms with Crippen LogP contribution in [0.15, 0.2) is 4.42 Å². The maximum atomic E-state index is 5.77. The number of nitrogens with two attached hydrogens (primary N) is 1. The summed E-state index contributed by atoms with van der Waals surface area (Å²) in [4.78, 5) is 4.65. The lowest BCUT2D eigenvalue weighted by molar-refractivity contribution is 0.424. The van der Waals surface area contributed by atoms with E-state index >= 15 is 0 Å². The van der Waals surface area contributed by atoms with E-state index in [0.717, 1.165) is 24.5 Å². The van der Waals surface area contributed by atoms with Gasteiger partial charge in [0.25, 0.3) is 0 Å². The van der Waals surface area contributed by atoms with Crippen LogP contribution in [0.5, 0.6) is 0 Å². The van der Waals surface area contributed by atoms with E-state index in [1.54, 1.807) is 0 Å². The van der Waals surface area contributed by atoms with Gasteiger partial charge in [0.15, 0.2) is 5.89 Å². The van der Waals surface area contributed by atoms with Crippen molar-refractivity contribution in [3.63, 3.8) is 0 Å². The minimum atomic E-state index is 0.619. The molecule has 2 rings (SSSR count). The van der Waals surface area contributed by atoms with Crippen LogP contribution in [0, 0.1) is 0 Å². The number of hydrogen-bond acceptors (Lipinski definition) is 3. The van der Waals surface area contributed by atoms with Crippen LogP contribution in [-0.2, 0) is 12.8 Å². The average Bonchev–Trinajstić information content (AvgIpc) is 2.74. The highest BCUT2D eigenvalue weighted by molar-refractivity contribution is 5.16. The molecular formula is C13H22N2O. The Morgan fingerprint density at radius 1 is 1.31 bits per heavy atom. The molecule has 1 aromatic rings. The summed E-state index contributed by atoms with van der Waals surface area (Å²) in [6.45, 7) is 2.76. The number of rotatable bonds is 4. The molecule has 3 heteroatoms. The van der Waals surface area contributed by atoms with Crippen molar-refractivity contribution in [3.8, 4) is 0 Å². The Morgan fingerprint density at radius 3 is 2.69 bits per heavy atom. The van der Waals surface area contributed by atoms with Crippen molar-refractivity contribution in [2.24, 2.45) is 5.73 Å². The zero-order valence-corrected chi connectivity index (χ0v) is 10.2. The van der Waals surface area contributed by atoms with E-state index in [4.69, 9.17) is 10.2 Å². The van der Waals surface area contributed by atoms with Crippen molar-refractivity contribution in [3.05, 3.63) is 17.3 Å². The molecule has 0 aliphatic heterocycles. The lowest BCUT2D eigenvalue weighted by Gasteiger charge is -2.20. The first-order chi connectivity index (χ1) is 7.85. The van der Waals surface area contributed by atoms with Gasteiger partial charge in [0.1, 0.15) is 5.76 Å². The van der Waals surface area contributed by atoms with Crippen LogP contribution in [0.4, 0.5) is 0 Å². The fourth-order valence-corrected chi connectivity index (χ4v) is 2.59. The quantitative estimate of drug-likeness (QED) is 0.852. The summed E-state index contributed by atoms with van der Waals surface area (Å²) < 4.78 is 5.77. The first kappa shape index (κ1) is 11.6. The molecule has 2 N–H and O–H groups in total. The third kappa shape index (κ3) is 2.46. The second kappa shape index (κ2) is 5.48. The second-order valence-electron chi connectivity index (χ2n) is 4.64. The van der Waals surface area contributed by atoms with Crippen LogP contribution in [0.3, 0.4) is 0 Å². The van der Waals surface area contributed by atoms with Crippen molar-refractivity contribution in [2.75, 3.05) is 6.54 Å². The molecule has 1 aliphatic rings. The Bertz CT molecular complexity index is 327. The maximum Gasteiger partial charge on any atom is 0.195 e. The van der Waals surface area contributed by atoms with Gasteiger partial charge >= 0.3 is 0 Å². The van der Waals surface area contributed by atoms with E-state index in [1.165, 1.54) is 37.8 Å². The number of aromatic nitrogens is 1. The van der Waals surface area contributed by atoms with Crippen molar-refractivity contribution >= 4 is 0 Å². The Labute approximate surface area is 97.4 Å². The summed E-state index contributed by atoms with van der Waals surface area (Å²) >= 11 is 0. The molecule has 0 amide bonds. The minimum Gasteiger partial charge on any atom is -0.445 e. The molecule has 0 aromatic carbocycles. The molecule has 1 aromatic heterocycles. The zero-order valence-electron chi connectivity index (χ0n) is 10.2. The van der Waals surface area contributed by atoms with Crippen LogP contribution >= 0.6 is 0 Å². The molecule has 0 radical (unpaired) electrons. The smallest absolute Gasteiger partial charge is 0.195 e. The van der Waals surface area contributed by atoms with Crippen molar-refractivity contribution in [1.29, 1.82) is 0 Å². The Kier molecular flexibility index (Phi) is 3.99. The summed E-state index contributed by atoms with van der Waals surface area (Å²) in [6.07, 6.45) is 8.33. The van der Waals surface area contributed by atoms with Gasteiger partial charge in [0.2, 0.25) is 0 Å². The summed E-state index contributed by atoms with van der Waals surface area (Å²) in [6, 6.07) is 0. The third-order valence-electron chi connectivity index (χ3n) is 3.44. The topological polar surface area (TPSA) is 52.0 Å². The van der Waals surface area contributed by atoms with Gasteiger partial charge in [-0.05, 0) is 12.8 Å². The summed E-state index contributed by atoms with van der Waals surface area (Å²) in [5.74, 6) is 2.56. The Hall–Kier alpha value is -0.830. The number of oxazole rings is 1. The van der Waals surface area contributed by atoms with Gasteiger partial charge in [-0.2, -0.15) is 0 Å². The fraction of sp³-hybridized carbons (Fsp3) is 0.769. The van der Waals surface area contributed by atoms with Gasteiger partial charge in [-0.1, -0.05) is 26.2 Å². The van der Waals surface area contributed by atoms with E-state index in [0.29, 0.717) is 12.5 Å². The average molecular weight is 222 g/mol. The lowest BCUT2D eigenvalue weighted by Crippen LogP contribution is -2.07. The number of hydrogen-bond donors (Lipinski definition) is 1. The largest absolute Gasteiger partial charge is 0.445 e. The molecule has 1 fully saturated rings. The molecule has 0 spiro atoms. The molecule has 16 heavy (non-hydrogen) atoms. The van der Waals surface area contributed by atoms with Crippen LogP contribution in [0.25, 0.3) is 0 Å². The first-order valence-corrected chi connectivity index (χ1v) is 6.53. The predicted molar refractivity (Wildman–Crippen MR) is 64.5 cm³/mol. The third-order valence-corrected chi connectivity index (χ3v) is 3.44. The van der Waals surface area contributed by atoms with Gasteiger partial charge in [0.05, 0.1) is 5.69 Å². The van der Waals surface area contributed by atoms with Gasteiger partial charge in [0, 0.05) is 25.3 Å². The van der Waals surface area contributed by atoms with Gasteiger partial charge in [-0.3, -0.25) is 0 Å². The van der Waals surface area contributed by atoms with Crippen molar-refractivity contribution in [2.45, 2.75) is 57.8 Å². The molecule has 90 valence electrons. The van der Waals surface area contributed by atoms with E-state index in [9.17, 15) is 0 Å². The summed E-state index contributed by atoms with van der Waals surface area (Å²) in [5, 5.41) is 0. The molecule has 1 aliphatic carbocycles. The van der Waals surface area contributed by atoms with Crippen LogP contribution < -0.4 is 5.73 Å². The number of aryl methyl sites for hydroxylation is 1. The highest BCUT2D eigenvalue weighted by Gasteiger charge is 2.22. The monoisotopic (exact) mass is 222 g/mol. The van der Waals surface area contributed by atoms with E-state index in [2.05, 4.69) is 11.9 Å². The molecule has 1 saturated carbocycles. The second-order valence-corrected chi connectivity index (χ2v) is 4.64. The normalized spacial score (nSPS) is 17.9. The predicted octanol–water partition coefficient (Wildman–Crippen LogP) is 2.79. The van der Waals surface area contributed by atoms with E-state index < -0.39 is 0 Å². The van der Waals surface area contributed by atoms with E-state index in [1.807, 2.05) is 0 Å². The minimum absolute atomic E-state index is 0.619.